The lowest BCUT2D eigenvalue weighted by Gasteiger charge is -2.35. The van der Waals surface area contributed by atoms with E-state index in [1.165, 1.54) is 21.3 Å². The van der Waals surface area contributed by atoms with Crippen molar-refractivity contribution < 1.29 is 32.2 Å². The van der Waals surface area contributed by atoms with Crippen LogP contribution in [0.3, 0.4) is 0 Å². The SMILES string of the molecule is COc1cc(-c2ccc(N3CCN(C(=O)C(F)(F)F)CC3)nn2)cc(OC)c1OC. The van der Waals surface area contributed by atoms with E-state index in [1.54, 1.807) is 29.2 Å². The second kappa shape index (κ2) is 8.64. The Morgan fingerprint density at radius 3 is 1.97 bits per heavy atom. The summed E-state index contributed by atoms with van der Waals surface area (Å²) in [4.78, 5) is 13.9. The molecule has 8 nitrogen and oxygen atoms in total. The van der Waals surface area contributed by atoms with E-state index in [4.69, 9.17) is 14.2 Å². The lowest BCUT2D eigenvalue weighted by atomic mass is 10.1. The molecule has 1 amide bonds. The van der Waals surface area contributed by atoms with Gasteiger partial charge in [0, 0.05) is 31.7 Å². The molecule has 1 aliphatic rings. The van der Waals surface area contributed by atoms with Gasteiger partial charge in [-0.3, -0.25) is 4.79 Å². The molecule has 1 saturated heterocycles. The van der Waals surface area contributed by atoms with Crippen LogP contribution in [-0.2, 0) is 4.79 Å². The molecule has 1 aromatic heterocycles. The van der Waals surface area contributed by atoms with E-state index in [2.05, 4.69) is 10.2 Å². The number of alkyl halides is 3. The second-order valence-electron chi connectivity index (χ2n) is 6.47. The van der Waals surface area contributed by atoms with Crippen LogP contribution in [0.1, 0.15) is 0 Å². The molecule has 0 N–H and O–H groups in total. The fourth-order valence-electron chi connectivity index (χ4n) is 3.19. The van der Waals surface area contributed by atoms with Gasteiger partial charge in [-0.25, -0.2) is 0 Å². The molecule has 162 valence electrons. The summed E-state index contributed by atoms with van der Waals surface area (Å²) < 4.78 is 53.7. The van der Waals surface area contributed by atoms with Gasteiger partial charge in [-0.15, -0.1) is 10.2 Å². The summed E-state index contributed by atoms with van der Waals surface area (Å²) in [7, 11) is 4.54. The molecule has 2 heterocycles. The van der Waals surface area contributed by atoms with Gasteiger partial charge >= 0.3 is 12.1 Å². The maximum atomic E-state index is 12.6. The van der Waals surface area contributed by atoms with Crippen molar-refractivity contribution in [3.8, 4) is 28.5 Å². The molecule has 2 aromatic rings. The van der Waals surface area contributed by atoms with Crippen LogP contribution in [-0.4, -0.2) is 74.7 Å². The van der Waals surface area contributed by atoms with Gasteiger partial charge < -0.3 is 24.0 Å². The van der Waals surface area contributed by atoms with Gasteiger partial charge in [-0.05, 0) is 24.3 Å². The van der Waals surface area contributed by atoms with E-state index in [-0.39, 0.29) is 26.2 Å². The van der Waals surface area contributed by atoms with Crippen LogP contribution in [0.5, 0.6) is 17.2 Å². The summed E-state index contributed by atoms with van der Waals surface area (Å²) in [5.41, 5.74) is 1.26. The molecule has 0 bridgehead atoms. The first-order valence-electron chi connectivity index (χ1n) is 9.03. The standard InChI is InChI=1S/C19H21F3N4O4/c1-28-14-10-12(11-15(29-2)17(14)30-3)13-4-5-16(24-23-13)25-6-8-26(9-7-25)18(27)19(20,21)22/h4-5,10-11H,6-9H2,1-3H3. The monoisotopic (exact) mass is 426 g/mol. The predicted octanol–water partition coefficient (Wildman–Crippen LogP) is 2.38. The molecule has 0 radical (unpaired) electrons. The van der Waals surface area contributed by atoms with E-state index in [1.807, 2.05) is 0 Å². The minimum absolute atomic E-state index is 0.0331. The van der Waals surface area contributed by atoms with Gasteiger partial charge in [0.15, 0.2) is 17.3 Å². The maximum Gasteiger partial charge on any atom is 0.471 e. The summed E-state index contributed by atoms with van der Waals surface area (Å²) in [6.07, 6.45) is -4.86. The summed E-state index contributed by atoms with van der Waals surface area (Å²) in [6, 6.07) is 6.96. The zero-order chi connectivity index (χ0) is 21.9. The van der Waals surface area contributed by atoms with Gasteiger partial charge in [0.25, 0.3) is 0 Å². The number of amides is 1. The molecular weight excluding hydrogens is 405 g/mol. The highest BCUT2D eigenvalue weighted by atomic mass is 19.4. The number of carbonyl (C=O) groups is 1. The summed E-state index contributed by atoms with van der Waals surface area (Å²) in [5.74, 6) is 0.113. The highest BCUT2D eigenvalue weighted by Gasteiger charge is 2.43. The van der Waals surface area contributed by atoms with Crippen molar-refractivity contribution in [2.45, 2.75) is 6.18 Å². The first-order valence-corrected chi connectivity index (χ1v) is 9.03. The molecule has 0 aliphatic carbocycles. The van der Waals surface area contributed by atoms with Crippen LogP contribution in [0.2, 0.25) is 0 Å². The Bertz CT molecular complexity index is 873. The van der Waals surface area contributed by atoms with E-state index < -0.39 is 12.1 Å². The van der Waals surface area contributed by atoms with Crippen molar-refractivity contribution in [3.05, 3.63) is 24.3 Å². The highest BCUT2D eigenvalue weighted by molar-refractivity contribution is 5.82. The van der Waals surface area contributed by atoms with Crippen molar-refractivity contribution in [2.24, 2.45) is 0 Å². The Morgan fingerprint density at radius 2 is 1.53 bits per heavy atom. The number of carbonyl (C=O) groups excluding carboxylic acids is 1. The number of rotatable bonds is 5. The molecule has 1 aliphatic heterocycles. The number of hydrogen-bond donors (Lipinski definition) is 0. The van der Waals surface area contributed by atoms with Gasteiger partial charge in [-0.2, -0.15) is 13.2 Å². The first kappa shape index (κ1) is 21.5. The van der Waals surface area contributed by atoms with Crippen LogP contribution >= 0.6 is 0 Å². The fourth-order valence-corrected chi connectivity index (χ4v) is 3.19. The minimum Gasteiger partial charge on any atom is -0.493 e. The normalized spacial score (nSPS) is 14.5. The van der Waals surface area contributed by atoms with Crippen LogP contribution in [0.15, 0.2) is 24.3 Å². The lowest BCUT2D eigenvalue weighted by Crippen LogP contribution is -2.52. The third-order valence-electron chi connectivity index (χ3n) is 4.74. The minimum atomic E-state index is -4.86. The number of anilines is 1. The predicted molar refractivity (Wildman–Crippen MR) is 102 cm³/mol. The Kier molecular flexibility index (Phi) is 6.18. The number of ether oxygens (including phenoxy) is 3. The van der Waals surface area contributed by atoms with E-state index in [9.17, 15) is 18.0 Å². The van der Waals surface area contributed by atoms with Gasteiger partial charge in [0.1, 0.15) is 0 Å². The van der Waals surface area contributed by atoms with Crippen LogP contribution in [0, 0.1) is 0 Å². The number of methoxy groups -OCH3 is 3. The summed E-state index contributed by atoms with van der Waals surface area (Å²) in [5, 5.41) is 8.41. The average Bonchev–Trinajstić information content (AvgIpc) is 2.77. The maximum absolute atomic E-state index is 12.6. The second-order valence-corrected chi connectivity index (χ2v) is 6.47. The number of aromatic nitrogens is 2. The smallest absolute Gasteiger partial charge is 0.471 e. The van der Waals surface area contributed by atoms with Crippen molar-refractivity contribution in [1.29, 1.82) is 0 Å². The average molecular weight is 426 g/mol. The highest BCUT2D eigenvalue weighted by Crippen LogP contribution is 2.40. The quantitative estimate of drug-likeness (QED) is 0.727. The topological polar surface area (TPSA) is 77.0 Å². The van der Waals surface area contributed by atoms with Crippen LogP contribution in [0.4, 0.5) is 19.0 Å². The van der Waals surface area contributed by atoms with Crippen LogP contribution in [0.25, 0.3) is 11.3 Å². The molecular formula is C19H21F3N4O4. The Balaban J connectivity index is 1.74. The first-order chi connectivity index (χ1) is 14.3. The number of piperazine rings is 1. The summed E-state index contributed by atoms with van der Waals surface area (Å²) in [6.45, 7) is 0.406. The Labute approximate surface area is 171 Å². The fraction of sp³-hybridized carbons (Fsp3) is 0.421. The van der Waals surface area contributed by atoms with E-state index in [0.29, 0.717) is 34.3 Å². The van der Waals surface area contributed by atoms with Crippen molar-refractivity contribution in [2.75, 3.05) is 52.4 Å². The van der Waals surface area contributed by atoms with Gasteiger partial charge in [0.05, 0.1) is 27.0 Å². The van der Waals surface area contributed by atoms with Crippen molar-refractivity contribution >= 4 is 11.7 Å². The molecule has 0 atom stereocenters. The third kappa shape index (κ3) is 4.34. The molecule has 0 spiro atoms. The summed E-state index contributed by atoms with van der Waals surface area (Å²) >= 11 is 0. The zero-order valence-electron chi connectivity index (χ0n) is 16.7. The molecule has 1 aromatic carbocycles. The molecule has 30 heavy (non-hydrogen) atoms. The van der Waals surface area contributed by atoms with Gasteiger partial charge in [-0.1, -0.05) is 0 Å². The van der Waals surface area contributed by atoms with E-state index >= 15 is 0 Å². The largest absolute Gasteiger partial charge is 0.493 e. The Hall–Kier alpha value is -3.24. The zero-order valence-corrected chi connectivity index (χ0v) is 16.7. The number of hydrogen-bond acceptors (Lipinski definition) is 7. The molecule has 1 fully saturated rings. The number of nitrogens with zero attached hydrogens (tertiary/aromatic N) is 4. The third-order valence-corrected chi connectivity index (χ3v) is 4.74. The molecule has 3 rings (SSSR count). The molecule has 0 saturated carbocycles. The number of halogens is 3. The van der Waals surface area contributed by atoms with Crippen molar-refractivity contribution in [3.63, 3.8) is 0 Å². The van der Waals surface area contributed by atoms with Crippen LogP contribution < -0.4 is 19.1 Å². The number of benzene rings is 1. The molecule has 11 heteroatoms. The van der Waals surface area contributed by atoms with Gasteiger partial charge in [0.2, 0.25) is 5.75 Å². The lowest BCUT2D eigenvalue weighted by molar-refractivity contribution is -0.185. The van der Waals surface area contributed by atoms with E-state index in [0.717, 1.165) is 4.90 Å². The molecule has 0 unspecified atom stereocenters. The van der Waals surface area contributed by atoms with Crippen molar-refractivity contribution in [1.82, 2.24) is 15.1 Å². The Morgan fingerprint density at radius 1 is 0.933 bits per heavy atom.